The van der Waals surface area contributed by atoms with Gasteiger partial charge in [-0.1, -0.05) is 36.4 Å². The first-order chi connectivity index (χ1) is 15.4. The molecule has 2 aliphatic rings. The zero-order valence-electron chi connectivity index (χ0n) is 19.5. The van der Waals surface area contributed by atoms with E-state index in [0.717, 1.165) is 37.2 Å². The lowest BCUT2D eigenvalue weighted by Crippen LogP contribution is -2.49. The maximum Gasteiger partial charge on any atom is 0.251 e. The van der Waals surface area contributed by atoms with Crippen molar-refractivity contribution in [2.75, 3.05) is 26.2 Å². The van der Waals surface area contributed by atoms with E-state index in [1.807, 2.05) is 36.9 Å². The van der Waals surface area contributed by atoms with E-state index in [9.17, 15) is 9.59 Å². The van der Waals surface area contributed by atoms with Gasteiger partial charge >= 0.3 is 0 Å². The smallest absolute Gasteiger partial charge is 0.251 e. The van der Waals surface area contributed by atoms with Crippen LogP contribution in [0.5, 0.6) is 0 Å². The Morgan fingerprint density at radius 2 is 1.66 bits per heavy atom. The maximum absolute atomic E-state index is 12.9. The standard InChI is InChI=1S/C27H35N3O2/c1-19-9-10-24(17-20(19)2)27(32)28-18-26(31)30-16-13-25(21(30)3)29-14-11-23(12-15-29)22-7-5-4-6-8-22/h4-10,17,21,23,25H,11-16,18H2,1-3H3,(H,28,32)/t21-,25+/m1/s1. The quantitative estimate of drug-likeness (QED) is 0.778. The Balaban J connectivity index is 1.27. The predicted molar refractivity (Wildman–Crippen MR) is 128 cm³/mol. The maximum atomic E-state index is 12.9. The summed E-state index contributed by atoms with van der Waals surface area (Å²) in [6, 6.07) is 17.0. The summed E-state index contributed by atoms with van der Waals surface area (Å²) in [5.41, 5.74) is 4.29. The van der Waals surface area contributed by atoms with Gasteiger partial charge in [-0.05, 0) is 87.9 Å². The molecular weight excluding hydrogens is 398 g/mol. The van der Waals surface area contributed by atoms with Crippen molar-refractivity contribution in [2.45, 2.75) is 58.0 Å². The number of nitrogens with one attached hydrogen (secondary N) is 1. The van der Waals surface area contributed by atoms with Gasteiger partial charge in [-0.3, -0.25) is 14.5 Å². The Labute approximate surface area is 191 Å². The first-order valence-corrected chi connectivity index (χ1v) is 11.9. The molecular formula is C27H35N3O2. The van der Waals surface area contributed by atoms with E-state index in [0.29, 0.717) is 17.5 Å². The molecule has 5 nitrogen and oxygen atoms in total. The van der Waals surface area contributed by atoms with Crippen LogP contribution in [0.4, 0.5) is 0 Å². The topological polar surface area (TPSA) is 52.7 Å². The van der Waals surface area contributed by atoms with Crippen molar-refractivity contribution in [3.8, 4) is 0 Å². The fourth-order valence-electron chi connectivity index (χ4n) is 5.30. The molecule has 1 N–H and O–H groups in total. The normalized spacial score (nSPS) is 22.2. The summed E-state index contributed by atoms with van der Waals surface area (Å²) < 4.78 is 0. The van der Waals surface area contributed by atoms with Crippen molar-refractivity contribution in [1.82, 2.24) is 15.1 Å². The highest BCUT2D eigenvalue weighted by molar-refractivity contribution is 5.96. The number of rotatable bonds is 5. The van der Waals surface area contributed by atoms with Gasteiger partial charge in [0.25, 0.3) is 5.91 Å². The number of piperidine rings is 1. The molecule has 4 rings (SSSR count). The third kappa shape index (κ3) is 4.88. The minimum atomic E-state index is -0.187. The molecule has 0 bridgehead atoms. The molecule has 0 aliphatic carbocycles. The average Bonchev–Trinajstić information content (AvgIpc) is 3.21. The van der Waals surface area contributed by atoms with Gasteiger partial charge in [0.05, 0.1) is 6.54 Å². The molecule has 2 aromatic carbocycles. The molecule has 2 aromatic rings. The second-order valence-corrected chi connectivity index (χ2v) is 9.39. The zero-order chi connectivity index (χ0) is 22.7. The number of carbonyl (C=O) groups excluding carboxylic acids is 2. The molecule has 2 saturated heterocycles. The fraction of sp³-hybridized carbons (Fsp3) is 0.481. The van der Waals surface area contributed by atoms with Gasteiger partial charge in [-0.2, -0.15) is 0 Å². The number of benzene rings is 2. The van der Waals surface area contributed by atoms with Crippen LogP contribution in [0.1, 0.15) is 59.2 Å². The van der Waals surface area contributed by atoms with Crippen molar-refractivity contribution >= 4 is 11.8 Å². The van der Waals surface area contributed by atoms with Crippen molar-refractivity contribution < 1.29 is 9.59 Å². The van der Waals surface area contributed by atoms with Gasteiger partial charge in [-0.25, -0.2) is 0 Å². The van der Waals surface area contributed by atoms with Crippen LogP contribution in [0.2, 0.25) is 0 Å². The molecule has 2 aliphatic heterocycles. The summed E-state index contributed by atoms with van der Waals surface area (Å²) in [7, 11) is 0. The van der Waals surface area contributed by atoms with Crippen molar-refractivity contribution in [2.24, 2.45) is 0 Å². The van der Waals surface area contributed by atoms with E-state index >= 15 is 0 Å². The molecule has 2 amide bonds. The summed E-state index contributed by atoms with van der Waals surface area (Å²) in [5, 5.41) is 2.82. The lowest BCUT2D eigenvalue weighted by atomic mass is 9.88. The minimum Gasteiger partial charge on any atom is -0.343 e. The second-order valence-electron chi connectivity index (χ2n) is 9.39. The molecule has 0 unspecified atom stereocenters. The zero-order valence-corrected chi connectivity index (χ0v) is 19.5. The van der Waals surface area contributed by atoms with Crippen LogP contribution >= 0.6 is 0 Å². The molecule has 2 heterocycles. The number of carbonyl (C=O) groups is 2. The van der Waals surface area contributed by atoms with Crippen molar-refractivity contribution in [3.05, 3.63) is 70.8 Å². The van der Waals surface area contributed by atoms with Crippen LogP contribution < -0.4 is 5.32 Å². The highest BCUT2D eigenvalue weighted by Crippen LogP contribution is 2.32. The van der Waals surface area contributed by atoms with Crippen LogP contribution in [-0.2, 0) is 4.79 Å². The SMILES string of the molecule is Cc1ccc(C(=O)NCC(=O)N2CC[C@H](N3CCC(c4ccccc4)CC3)[C@H]2C)cc1C. The van der Waals surface area contributed by atoms with E-state index in [-0.39, 0.29) is 24.4 Å². The number of aryl methyl sites for hydroxylation is 2. The van der Waals surface area contributed by atoms with Gasteiger partial charge in [0, 0.05) is 24.2 Å². The van der Waals surface area contributed by atoms with Crippen molar-refractivity contribution in [3.63, 3.8) is 0 Å². The number of likely N-dealkylation sites (tertiary alicyclic amines) is 2. The molecule has 32 heavy (non-hydrogen) atoms. The van der Waals surface area contributed by atoms with Crippen LogP contribution in [-0.4, -0.2) is 59.9 Å². The minimum absolute atomic E-state index is 0.0105. The molecule has 2 fully saturated rings. The fourth-order valence-corrected chi connectivity index (χ4v) is 5.30. The predicted octanol–water partition coefficient (Wildman–Crippen LogP) is 3.90. The third-order valence-electron chi connectivity index (χ3n) is 7.47. The van der Waals surface area contributed by atoms with E-state index < -0.39 is 0 Å². The Bertz CT molecular complexity index is 951. The average molecular weight is 434 g/mol. The Morgan fingerprint density at radius 1 is 0.938 bits per heavy atom. The third-order valence-corrected chi connectivity index (χ3v) is 7.47. The largest absolute Gasteiger partial charge is 0.343 e. The second kappa shape index (κ2) is 9.86. The number of hydrogen-bond acceptors (Lipinski definition) is 3. The van der Waals surface area contributed by atoms with E-state index in [1.165, 1.54) is 18.4 Å². The van der Waals surface area contributed by atoms with Gasteiger partial charge in [0.1, 0.15) is 0 Å². The van der Waals surface area contributed by atoms with E-state index in [2.05, 4.69) is 47.5 Å². The van der Waals surface area contributed by atoms with Crippen LogP contribution in [0.3, 0.4) is 0 Å². The van der Waals surface area contributed by atoms with Crippen LogP contribution in [0, 0.1) is 13.8 Å². The summed E-state index contributed by atoms with van der Waals surface area (Å²) >= 11 is 0. The molecule has 5 heteroatoms. The molecule has 0 saturated carbocycles. The molecule has 0 spiro atoms. The Morgan fingerprint density at radius 3 is 2.34 bits per heavy atom. The highest BCUT2D eigenvalue weighted by Gasteiger charge is 2.38. The van der Waals surface area contributed by atoms with Crippen LogP contribution in [0.25, 0.3) is 0 Å². The van der Waals surface area contributed by atoms with E-state index in [4.69, 9.17) is 0 Å². The monoisotopic (exact) mass is 433 g/mol. The molecule has 0 aromatic heterocycles. The first kappa shape index (κ1) is 22.5. The lowest BCUT2D eigenvalue weighted by molar-refractivity contribution is -0.131. The van der Waals surface area contributed by atoms with Gasteiger partial charge in [0.2, 0.25) is 5.91 Å². The van der Waals surface area contributed by atoms with Gasteiger partial charge in [0.15, 0.2) is 0 Å². The number of hydrogen-bond donors (Lipinski definition) is 1. The van der Waals surface area contributed by atoms with Crippen LogP contribution in [0.15, 0.2) is 48.5 Å². The molecule has 0 radical (unpaired) electrons. The Kier molecular flexibility index (Phi) is 6.95. The van der Waals surface area contributed by atoms with Gasteiger partial charge in [-0.15, -0.1) is 0 Å². The summed E-state index contributed by atoms with van der Waals surface area (Å²) in [4.78, 5) is 29.9. The molecule has 2 atom stereocenters. The summed E-state index contributed by atoms with van der Waals surface area (Å²) in [6.45, 7) is 9.16. The highest BCUT2D eigenvalue weighted by atomic mass is 16.2. The summed E-state index contributed by atoms with van der Waals surface area (Å²) in [6.07, 6.45) is 3.36. The first-order valence-electron chi connectivity index (χ1n) is 11.9. The number of nitrogens with zero attached hydrogens (tertiary/aromatic N) is 2. The Hall–Kier alpha value is -2.66. The van der Waals surface area contributed by atoms with Gasteiger partial charge < -0.3 is 10.2 Å². The summed E-state index contributed by atoms with van der Waals surface area (Å²) in [5.74, 6) is 0.465. The molecule has 170 valence electrons. The van der Waals surface area contributed by atoms with Crippen molar-refractivity contribution in [1.29, 1.82) is 0 Å². The number of amides is 2. The lowest BCUT2D eigenvalue weighted by Gasteiger charge is -2.38. The van der Waals surface area contributed by atoms with E-state index in [1.54, 1.807) is 0 Å².